The molecule has 0 aliphatic carbocycles. The Balaban J connectivity index is 1.58. The number of aryl methyl sites for hydroxylation is 1. The van der Waals surface area contributed by atoms with Gasteiger partial charge in [-0.1, -0.05) is 6.07 Å². The van der Waals surface area contributed by atoms with Gasteiger partial charge in [0.2, 0.25) is 5.78 Å². The Morgan fingerprint density at radius 3 is 2.62 bits per heavy atom. The van der Waals surface area contributed by atoms with Crippen molar-refractivity contribution in [3.63, 3.8) is 0 Å². The summed E-state index contributed by atoms with van der Waals surface area (Å²) in [5.41, 5.74) is 0.988. The van der Waals surface area contributed by atoms with Crippen molar-refractivity contribution >= 4 is 17.4 Å². The number of benzene rings is 2. The normalized spacial score (nSPS) is 10.4. The zero-order valence-corrected chi connectivity index (χ0v) is 14.0. The van der Waals surface area contributed by atoms with Crippen LogP contribution < -0.4 is 10.1 Å². The van der Waals surface area contributed by atoms with Gasteiger partial charge in [0.15, 0.2) is 12.4 Å². The molecule has 2 aromatic carbocycles. The van der Waals surface area contributed by atoms with E-state index in [9.17, 15) is 14.0 Å². The van der Waals surface area contributed by atoms with E-state index in [0.29, 0.717) is 17.1 Å². The van der Waals surface area contributed by atoms with E-state index in [1.165, 1.54) is 18.2 Å². The Morgan fingerprint density at radius 2 is 1.96 bits per heavy atom. The molecular formula is C19H16FN3O3. The van der Waals surface area contributed by atoms with Gasteiger partial charge in [-0.2, -0.15) is 0 Å². The number of ketones is 1. The van der Waals surface area contributed by atoms with Crippen molar-refractivity contribution < 1.29 is 18.7 Å². The van der Waals surface area contributed by atoms with Gasteiger partial charge in [-0.05, 0) is 36.4 Å². The molecule has 1 heterocycles. The summed E-state index contributed by atoms with van der Waals surface area (Å²) in [7, 11) is 1.74. The molecule has 1 N–H and O–H groups in total. The van der Waals surface area contributed by atoms with Crippen molar-refractivity contribution in [2.75, 3.05) is 11.9 Å². The molecule has 1 aromatic heterocycles. The van der Waals surface area contributed by atoms with Gasteiger partial charge in [0, 0.05) is 36.8 Å². The quantitative estimate of drug-likeness (QED) is 0.692. The van der Waals surface area contributed by atoms with Crippen LogP contribution in [-0.2, 0) is 11.8 Å². The van der Waals surface area contributed by atoms with E-state index in [0.717, 1.165) is 0 Å². The number of carbonyl (C=O) groups excluding carboxylic acids is 2. The Kier molecular flexibility index (Phi) is 5.07. The second-order valence-electron chi connectivity index (χ2n) is 5.56. The van der Waals surface area contributed by atoms with E-state index in [2.05, 4.69) is 10.3 Å². The Morgan fingerprint density at radius 1 is 1.19 bits per heavy atom. The summed E-state index contributed by atoms with van der Waals surface area (Å²) in [6, 6.07) is 12.0. The lowest BCUT2D eigenvalue weighted by molar-refractivity contribution is -0.118. The number of nitrogens with zero attached hydrogens (tertiary/aromatic N) is 2. The lowest BCUT2D eigenvalue weighted by Gasteiger charge is -2.08. The summed E-state index contributed by atoms with van der Waals surface area (Å²) in [5, 5.41) is 2.65. The van der Waals surface area contributed by atoms with Crippen molar-refractivity contribution in [3.8, 4) is 5.75 Å². The maximum Gasteiger partial charge on any atom is 0.262 e. The minimum absolute atomic E-state index is 0.204. The van der Waals surface area contributed by atoms with E-state index < -0.39 is 11.7 Å². The third-order valence-corrected chi connectivity index (χ3v) is 3.62. The fraction of sp³-hybridized carbons (Fsp3) is 0.105. The van der Waals surface area contributed by atoms with E-state index in [1.54, 1.807) is 54.3 Å². The summed E-state index contributed by atoms with van der Waals surface area (Å²) in [6.45, 7) is -0.253. The number of hydrogen-bond acceptors (Lipinski definition) is 4. The number of amides is 1. The molecule has 7 heteroatoms. The van der Waals surface area contributed by atoms with Gasteiger partial charge in [-0.25, -0.2) is 9.37 Å². The van der Waals surface area contributed by atoms with Crippen molar-refractivity contribution in [2.24, 2.45) is 7.05 Å². The number of anilines is 1. The van der Waals surface area contributed by atoms with E-state index in [1.807, 2.05) is 0 Å². The first kappa shape index (κ1) is 17.3. The number of nitrogens with one attached hydrogen (secondary N) is 1. The van der Waals surface area contributed by atoms with Crippen LogP contribution in [0.25, 0.3) is 0 Å². The minimum Gasteiger partial charge on any atom is -0.484 e. The predicted molar refractivity (Wildman–Crippen MR) is 93.6 cm³/mol. The molecule has 0 saturated heterocycles. The molecule has 0 fully saturated rings. The van der Waals surface area contributed by atoms with Crippen LogP contribution in [0.4, 0.5) is 10.1 Å². The molecule has 0 radical (unpaired) electrons. The smallest absolute Gasteiger partial charge is 0.262 e. The van der Waals surface area contributed by atoms with Crippen LogP contribution in [0.5, 0.6) is 5.75 Å². The van der Waals surface area contributed by atoms with Crippen LogP contribution in [0.3, 0.4) is 0 Å². The third kappa shape index (κ3) is 4.13. The maximum atomic E-state index is 13.1. The van der Waals surface area contributed by atoms with Gasteiger partial charge in [0.1, 0.15) is 11.6 Å². The van der Waals surface area contributed by atoms with Crippen molar-refractivity contribution in [1.82, 2.24) is 9.55 Å². The highest BCUT2D eigenvalue weighted by molar-refractivity contribution is 6.07. The predicted octanol–water partition coefficient (Wildman–Crippen LogP) is 2.81. The number of aromatic nitrogens is 2. The van der Waals surface area contributed by atoms with E-state index in [4.69, 9.17) is 4.74 Å². The molecule has 0 aliphatic heterocycles. The lowest BCUT2D eigenvalue weighted by Crippen LogP contribution is -2.20. The van der Waals surface area contributed by atoms with Crippen LogP contribution in [0.1, 0.15) is 16.2 Å². The first-order valence-corrected chi connectivity index (χ1v) is 7.83. The fourth-order valence-electron chi connectivity index (χ4n) is 2.32. The first-order chi connectivity index (χ1) is 12.5. The second-order valence-corrected chi connectivity index (χ2v) is 5.56. The number of ether oxygens (including phenoxy) is 1. The number of rotatable bonds is 6. The van der Waals surface area contributed by atoms with Gasteiger partial charge < -0.3 is 14.6 Å². The van der Waals surface area contributed by atoms with Gasteiger partial charge in [0.05, 0.1) is 0 Å². The molecule has 3 aromatic rings. The largest absolute Gasteiger partial charge is 0.484 e. The van der Waals surface area contributed by atoms with Gasteiger partial charge in [-0.3, -0.25) is 9.59 Å². The number of carbonyl (C=O) groups is 2. The highest BCUT2D eigenvalue weighted by Crippen LogP contribution is 2.14. The van der Waals surface area contributed by atoms with Crippen molar-refractivity contribution in [2.45, 2.75) is 0 Å². The summed E-state index contributed by atoms with van der Waals surface area (Å²) in [6.07, 6.45) is 3.25. The van der Waals surface area contributed by atoms with Crippen LogP contribution in [0, 0.1) is 5.82 Å². The highest BCUT2D eigenvalue weighted by atomic mass is 19.1. The summed E-state index contributed by atoms with van der Waals surface area (Å²) < 4.78 is 19.9. The topological polar surface area (TPSA) is 73.2 Å². The number of imidazole rings is 1. The van der Waals surface area contributed by atoms with Gasteiger partial charge in [0.25, 0.3) is 5.91 Å². The van der Waals surface area contributed by atoms with Crippen LogP contribution in [-0.4, -0.2) is 27.8 Å². The number of hydrogen-bond donors (Lipinski definition) is 1. The van der Waals surface area contributed by atoms with Gasteiger partial charge >= 0.3 is 0 Å². The SMILES string of the molecule is Cn1ccnc1C(=O)c1ccc(NC(=O)COc2cccc(F)c2)cc1. The van der Waals surface area contributed by atoms with Crippen LogP contribution in [0.2, 0.25) is 0 Å². The zero-order chi connectivity index (χ0) is 18.5. The molecule has 0 spiro atoms. The average Bonchev–Trinajstić information content (AvgIpc) is 3.06. The Bertz CT molecular complexity index is 935. The molecule has 0 atom stereocenters. The monoisotopic (exact) mass is 353 g/mol. The molecule has 0 aliphatic rings. The molecule has 26 heavy (non-hydrogen) atoms. The Hall–Kier alpha value is -3.48. The van der Waals surface area contributed by atoms with Crippen LogP contribution >= 0.6 is 0 Å². The molecule has 1 amide bonds. The summed E-state index contributed by atoms with van der Waals surface area (Å²) in [5.74, 6) is -0.417. The zero-order valence-electron chi connectivity index (χ0n) is 14.0. The molecule has 0 saturated carbocycles. The first-order valence-electron chi connectivity index (χ1n) is 7.83. The molecule has 0 unspecified atom stereocenters. The molecular weight excluding hydrogens is 337 g/mol. The fourth-order valence-corrected chi connectivity index (χ4v) is 2.32. The average molecular weight is 353 g/mol. The highest BCUT2D eigenvalue weighted by Gasteiger charge is 2.13. The lowest BCUT2D eigenvalue weighted by atomic mass is 10.1. The number of halogens is 1. The van der Waals surface area contributed by atoms with Crippen molar-refractivity contribution in [1.29, 1.82) is 0 Å². The van der Waals surface area contributed by atoms with Gasteiger partial charge in [-0.15, -0.1) is 0 Å². The van der Waals surface area contributed by atoms with Crippen molar-refractivity contribution in [3.05, 3.63) is 78.1 Å². The molecule has 6 nitrogen and oxygen atoms in total. The van der Waals surface area contributed by atoms with E-state index in [-0.39, 0.29) is 18.1 Å². The molecule has 0 bridgehead atoms. The summed E-state index contributed by atoms with van der Waals surface area (Å²) in [4.78, 5) is 28.3. The molecule has 132 valence electrons. The Labute approximate surface area is 149 Å². The van der Waals surface area contributed by atoms with E-state index >= 15 is 0 Å². The standard InChI is InChI=1S/C19H16FN3O3/c1-23-10-9-21-19(23)18(25)13-5-7-15(8-6-13)22-17(24)12-26-16-4-2-3-14(20)11-16/h2-11H,12H2,1H3,(H,22,24). The minimum atomic E-state index is -0.434. The van der Waals surface area contributed by atoms with Crippen LogP contribution in [0.15, 0.2) is 60.9 Å². The molecule has 3 rings (SSSR count). The second kappa shape index (κ2) is 7.60. The maximum absolute atomic E-state index is 13.1. The third-order valence-electron chi connectivity index (χ3n) is 3.62. The summed E-state index contributed by atoms with van der Waals surface area (Å²) >= 11 is 0.